The third kappa shape index (κ3) is 8.08. The fourth-order valence-electron chi connectivity index (χ4n) is 3.30. The third-order valence-electron chi connectivity index (χ3n) is 5.02. The van der Waals surface area contributed by atoms with E-state index in [1.54, 1.807) is 55.6 Å². The molecular formula is C26H31N3O5S. The van der Waals surface area contributed by atoms with Gasteiger partial charge in [0.1, 0.15) is 5.75 Å². The van der Waals surface area contributed by atoms with Gasteiger partial charge in [0.05, 0.1) is 10.5 Å². The van der Waals surface area contributed by atoms with Crippen molar-refractivity contribution >= 4 is 21.6 Å². The second kappa shape index (κ2) is 12.3. The first-order valence-corrected chi connectivity index (χ1v) is 12.9. The zero-order valence-electron chi connectivity index (χ0n) is 20.2. The van der Waals surface area contributed by atoms with Crippen molar-refractivity contribution in [3.05, 3.63) is 78.0 Å². The van der Waals surface area contributed by atoms with Gasteiger partial charge < -0.3 is 14.8 Å². The highest BCUT2D eigenvalue weighted by Crippen LogP contribution is 2.23. The average molecular weight is 498 g/mol. The fourth-order valence-corrected chi connectivity index (χ4v) is 4.36. The molecule has 0 bridgehead atoms. The summed E-state index contributed by atoms with van der Waals surface area (Å²) in [6.07, 6.45) is 3.07. The first-order valence-electron chi connectivity index (χ1n) is 11.4. The minimum absolute atomic E-state index is 0.206. The number of anilines is 1. The molecule has 0 unspecified atom stereocenters. The van der Waals surface area contributed by atoms with Gasteiger partial charge in [-0.2, -0.15) is 0 Å². The summed E-state index contributed by atoms with van der Waals surface area (Å²) in [5.74, 6) is 1.08. The zero-order chi connectivity index (χ0) is 25.3. The van der Waals surface area contributed by atoms with Crippen molar-refractivity contribution in [2.24, 2.45) is 5.92 Å². The van der Waals surface area contributed by atoms with E-state index >= 15 is 0 Å². The van der Waals surface area contributed by atoms with E-state index < -0.39 is 10.0 Å². The first-order chi connectivity index (χ1) is 16.8. The number of amides is 1. The number of nitrogens with zero attached hydrogens (tertiary/aromatic N) is 1. The highest BCUT2D eigenvalue weighted by molar-refractivity contribution is 7.92. The predicted octanol–water partition coefficient (Wildman–Crippen LogP) is 4.64. The van der Waals surface area contributed by atoms with Gasteiger partial charge in [-0.1, -0.05) is 26.0 Å². The van der Waals surface area contributed by atoms with Crippen LogP contribution in [-0.2, 0) is 21.2 Å². The Bertz CT molecular complexity index is 1190. The number of benzene rings is 2. The van der Waals surface area contributed by atoms with Crippen LogP contribution in [0.15, 0.2) is 71.8 Å². The molecule has 0 atom stereocenters. The van der Waals surface area contributed by atoms with Crippen LogP contribution >= 0.6 is 0 Å². The molecule has 1 amide bonds. The molecule has 186 valence electrons. The van der Waals surface area contributed by atoms with Gasteiger partial charge in [0.15, 0.2) is 0 Å². The SMILES string of the molecule is COCCCNC(=O)c1ccc(Oc2ccc(NS(=O)(=O)c3ccc(CC(C)C)cc3)cc2)nc1. The summed E-state index contributed by atoms with van der Waals surface area (Å²) in [4.78, 5) is 16.5. The van der Waals surface area contributed by atoms with Crippen LogP contribution in [0.3, 0.4) is 0 Å². The van der Waals surface area contributed by atoms with Crippen LogP contribution in [0.4, 0.5) is 5.69 Å². The number of hydrogen-bond donors (Lipinski definition) is 2. The molecule has 2 aromatic carbocycles. The highest BCUT2D eigenvalue weighted by Gasteiger charge is 2.14. The molecular weight excluding hydrogens is 466 g/mol. The number of aromatic nitrogens is 1. The molecule has 0 spiro atoms. The van der Waals surface area contributed by atoms with Gasteiger partial charge in [-0.3, -0.25) is 9.52 Å². The minimum Gasteiger partial charge on any atom is -0.439 e. The maximum atomic E-state index is 12.7. The number of sulfonamides is 1. The van der Waals surface area contributed by atoms with Gasteiger partial charge in [0.2, 0.25) is 5.88 Å². The average Bonchev–Trinajstić information content (AvgIpc) is 2.83. The molecule has 0 aliphatic carbocycles. The van der Waals surface area contributed by atoms with Crippen molar-refractivity contribution in [1.82, 2.24) is 10.3 Å². The molecule has 0 fully saturated rings. The van der Waals surface area contributed by atoms with E-state index in [0.717, 1.165) is 18.4 Å². The predicted molar refractivity (Wildman–Crippen MR) is 135 cm³/mol. The Labute approximate surface area is 206 Å². The molecule has 0 saturated carbocycles. The second-order valence-electron chi connectivity index (χ2n) is 8.46. The number of rotatable bonds is 12. The van der Waals surface area contributed by atoms with E-state index in [4.69, 9.17) is 9.47 Å². The standard InChI is InChI=1S/C26H31N3O5S/c1-19(2)17-20-5-12-24(13-6-20)35(31,32)29-22-8-10-23(11-9-22)34-25-14-7-21(18-28-25)26(30)27-15-4-16-33-3/h5-14,18-19,29H,4,15-17H2,1-3H3,(H,27,30). The Morgan fingerprint density at radius 1 is 1.00 bits per heavy atom. The molecule has 1 heterocycles. The molecule has 0 saturated heterocycles. The van der Waals surface area contributed by atoms with Gasteiger partial charge in [-0.05, 0) is 66.8 Å². The zero-order valence-corrected chi connectivity index (χ0v) is 21.0. The van der Waals surface area contributed by atoms with Crippen molar-refractivity contribution in [1.29, 1.82) is 0 Å². The fraction of sp³-hybridized carbons (Fsp3) is 0.308. The molecule has 8 nitrogen and oxygen atoms in total. The summed E-state index contributed by atoms with van der Waals surface area (Å²) in [6, 6.07) is 16.7. The Kier molecular flexibility index (Phi) is 9.22. The molecule has 9 heteroatoms. The number of nitrogens with one attached hydrogen (secondary N) is 2. The maximum Gasteiger partial charge on any atom is 0.261 e. The number of pyridine rings is 1. The highest BCUT2D eigenvalue weighted by atomic mass is 32.2. The summed E-state index contributed by atoms with van der Waals surface area (Å²) in [5, 5.41) is 2.79. The smallest absolute Gasteiger partial charge is 0.261 e. The van der Waals surface area contributed by atoms with E-state index in [-0.39, 0.29) is 10.8 Å². The van der Waals surface area contributed by atoms with Crippen LogP contribution in [0.1, 0.15) is 36.2 Å². The van der Waals surface area contributed by atoms with Crippen molar-refractivity contribution in [3.63, 3.8) is 0 Å². The van der Waals surface area contributed by atoms with Gasteiger partial charge in [-0.25, -0.2) is 13.4 Å². The van der Waals surface area contributed by atoms with Crippen molar-refractivity contribution < 1.29 is 22.7 Å². The van der Waals surface area contributed by atoms with Gasteiger partial charge in [0.25, 0.3) is 15.9 Å². The monoisotopic (exact) mass is 497 g/mol. The Balaban J connectivity index is 1.56. The molecule has 3 rings (SSSR count). The number of carbonyl (C=O) groups is 1. The van der Waals surface area contributed by atoms with Crippen molar-refractivity contribution in [2.75, 3.05) is 25.0 Å². The molecule has 3 aromatic rings. The lowest BCUT2D eigenvalue weighted by atomic mass is 10.0. The van der Waals surface area contributed by atoms with Gasteiger partial charge >= 0.3 is 0 Å². The van der Waals surface area contributed by atoms with E-state index in [0.29, 0.717) is 41.9 Å². The van der Waals surface area contributed by atoms with Crippen LogP contribution in [-0.4, -0.2) is 39.6 Å². The van der Waals surface area contributed by atoms with Crippen LogP contribution in [0.2, 0.25) is 0 Å². The van der Waals surface area contributed by atoms with Crippen molar-refractivity contribution in [3.8, 4) is 11.6 Å². The van der Waals surface area contributed by atoms with Crippen LogP contribution in [0.25, 0.3) is 0 Å². The quantitative estimate of drug-likeness (QED) is 0.353. The second-order valence-corrected chi connectivity index (χ2v) is 10.1. The normalized spacial score (nSPS) is 11.3. The molecule has 0 aliphatic heterocycles. The first kappa shape index (κ1) is 26.2. The lowest BCUT2D eigenvalue weighted by Crippen LogP contribution is -2.25. The topological polar surface area (TPSA) is 107 Å². The van der Waals surface area contributed by atoms with E-state index in [1.807, 2.05) is 12.1 Å². The van der Waals surface area contributed by atoms with E-state index in [9.17, 15) is 13.2 Å². The summed E-state index contributed by atoms with van der Waals surface area (Å²) < 4.78 is 38.6. The summed E-state index contributed by atoms with van der Waals surface area (Å²) in [6.45, 7) is 5.34. The Morgan fingerprint density at radius 2 is 1.71 bits per heavy atom. The lowest BCUT2D eigenvalue weighted by molar-refractivity contribution is 0.0948. The van der Waals surface area contributed by atoms with E-state index in [2.05, 4.69) is 28.9 Å². The number of methoxy groups -OCH3 is 1. The lowest BCUT2D eigenvalue weighted by Gasteiger charge is -2.11. The largest absolute Gasteiger partial charge is 0.439 e. The summed E-state index contributed by atoms with van der Waals surface area (Å²) in [7, 11) is -2.09. The maximum absolute atomic E-state index is 12.7. The molecule has 2 N–H and O–H groups in total. The summed E-state index contributed by atoms with van der Waals surface area (Å²) in [5.41, 5.74) is 1.94. The minimum atomic E-state index is -3.70. The van der Waals surface area contributed by atoms with Crippen LogP contribution in [0, 0.1) is 5.92 Å². The Morgan fingerprint density at radius 3 is 2.31 bits per heavy atom. The molecule has 1 aromatic heterocycles. The van der Waals surface area contributed by atoms with Crippen LogP contribution in [0.5, 0.6) is 11.6 Å². The van der Waals surface area contributed by atoms with Gasteiger partial charge in [-0.15, -0.1) is 0 Å². The number of ether oxygens (including phenoxy) is 2. The van der Waals surface area contributed by atoms with Crippen LogP contribution < -0.4 is 14.8 Å². The Hall–Kier alpha value is -3.43. The molecule has 35 heavy (non-hydrogen) atoms. The number of carbonyl (C=O) groups excluding carboxylic acids is 1. The van der Waals surface area contributed by atoms with Crippen molar-refractivity contribution in [2.45, 2.75) is 31.6 Å². The van der Waals surface area contributed by atoms with E-state index in [1.165, 1.54) is 6.20 Å². The molecule has 0 radical (unpaired) electrons. The third-order valence-corrected chi connectivity index (χ3v) is 6.41. The molecule has 0 aliphatic rings. The van der Waals surface area contributed by atoms with Gasteiger partial charge in [0, 0.05) is 38.2 Å². The number of hydrogen-bond acceptors (Lipinski definition) is 6. The summed E-state index contributed by atoms with van der Waals surface area (Å²) >= 11 is 0.